The second kappa shape index (κ2) is 3.38. The van der Waals surface area contributed by atoms with E-state index in [-0.39, 0.29) is 6.10 Å². The van der Waals surface area contributed by atoms with Gasteiger partial charge in [-0.05, 0) is 25.3 Å². The highest BCUT2D eigenvalue weighted by Crippen LogP contribution is 2.37. The summed E-state index contributed by atoms with van der Waals surface area (Å²) in [6, 6.07) is 8.49. The van der Waals surface area contributed by atoms with Crippen LogP contribution >= 0.6 is 0 Å². The number of fused-ring (bicyclic) bond motifs is 3. The van der Waals surface area contributed by atoms with E-state index in [2.05, 4.69) is 29.2 Å². The molecule has 15 heavy (non-hydrogen) atoms. The fraction of sp³-hybridized carbons (Fsp3) is 0.385. The van der Waals surface area contributed by atoms with Gasteiger partial charge in [0.1, 0.15) is 0 Å². The lowest BCUT2D eigenvalue weighted by atomic mass is 9.93. The first-order valence-electron chi connectivity index (χ1n) is 5.52. The molecule has 0 fully saturated rings. The van der Waals surface area contributed by atoms with Crippen LogP contribution in [0.3, 0.4) is 0 Å². The van der Waals surface area contributed by atoms with Crippen LogP contribution in [0.5, 0.6) is 0 Å². The van der Waals surface area contributed by atoms with Gasteiger partial charge in [0.2, 0.25) is 0 Å². The number of para-hydroxylation sites is 1. The van der Waals surface area contributed by atoms with Crippen molar-refractivity contribution in [2.45, 2.75) is 25.4 Å². The van der Waals surface area contributed by atoms with Crippen molar-refractivity contribution in [3.05, 3.63) is 35.5 Å². The van der Waals surface area contributed by atoms with Gasteiger partial charge < -0.3 is 9.72 Å². The van der Waals surface area contributed by atoms with E-state index >= 15 is 0 Å². The third-order valence-corrected chi connectivity index (χ3v) is 3.33. The Bertz CT molecular complexity index is 486. The Morgan fingerprint density at radius 2 is 2.20 bits per heavy atom. The van der Waals surface area contributed by atoms with Crippen LogP contribution in [-0.4, -0.2) is 12.1 Å². The molecule has 0 saturated heterocycles. The van der Waals surface area contributed by atoms with Crippen LogP contribution in [0.1, 0.15) is 30.2 Å². The first-order chi connectivity index (χ1) is 7.40. The Hall–Kier alpha value is -1.28. The fourth-order valence-corrected chi connectivity index (χ4v) is 2.63. The molecule has 0 amide bonds. The van der Waals surface area contributed by atoms with Crippen LogP contribution in [0.4, 0.5) is 0 Å². The molecule has 1 aromatic heterocycles. The van der Waals surface area contributed by atoms with Gasteiger partial charge in [0.15, 0.2) is 0 Å². The predicted molar refractivity (Wildman–Crippen MR) is 61.0 cm³/mol. The second-order valence-corrected chi connectivity index (χ2v) is 4.18. The molecule has 2 aromatic rings. The quantitative estimate of drug-likeness (QED) is 0.753. The Labute approximate surface area is 89.3 Å². The maximum absolute atomic E-state index is 5.56. The van der Waals surface area contributed by atoms with Gasteiger partial charge >= 0.3 is 0 Å². The van der Waals surface area contributed by atoms with E-state index in [4.69, 9.17) is 4.74 Å². The van der Waals surface area contributed by atoms with Gasteiger partial charge in [-0.25, -0.2) is 0 Å². The number of hydrogen-bond donors (Lipinski definition) is 1. The minimum Gasteiger partial charge on any atom is -0.377 e. The third kappa shape index (κ3) is 1.29. The number of aromatic nitrogens is 1. The van der Waals surface area contributed by atoms with Crippen molar-refractivity contribution in [2.75, 3.05) is 7.11 Å². The molecule has 1 atom stereocenters. The summed E-state index contributed by atoms with van der Waals surface area (Å²) in [5.41, 5.74) is 4.00. The lowest BCUT2D eigenvalue weighted by molar-refractivity contribution is 0.0892. The monoisotopic (exact) mass is 201 g/mol. The molecular weight excluding hydrogens is 186 g/mol. The number of H-pyrrole nitrogens is 1. The van der Waals surface area contributed by atoms with Gasteiger partial charge in [0.25, 0.3) is 0 Å². The summed E-state index contributed by atoms with van der Waals surface area (Å²) in [4.78, 5) is 3.50. The van der Waals surface area contributed by atoms with Crippen LogP contribution in [0.15, 0.2) is 24.3 Å². The van der Waals surface area contributed by atoms with Crippen molar-refractivity contribution >= 4 is 10.9 Å². The number of hydrogen-bond acceptors (Lipinski definition) is 1. The molecule has 1 aliphatic rings. The van der Waals surface area contributed by atoms with Gasteiger partial charge in [-0.1, -0.05) is 18.2 Å². The molecule has 1 N–H and O–H groups in total. The number of ether oxygens (including phenoxy) is 1. The van der Waals surface area contributed by atoms with Gasteiger partial charge in [-0.15, -0.1) is 0 Å². The summed E-state index contributed by atoms with van der Waals surface area (Å²) in [6.45, 7) is 0. The molecule has 3 rings (SSSR count). The molecule has 78 valence electrons. The van der Waals surface area contributed by atoms with Crippen molar-refractivity contribution in [1.82, 2.24) is 4.98 Å². The van der Waals surface area contributed by atoms with E-state index in [1.807, 2.05) is 7.11 Å². The number of aryl methyl sites for hydroxylation is 1. The smallest absolute Gasteiger partial charge is 0.0844 e. The minimum absolute atomic E-state index is 0.282. The Morgan fingerprint density at radius 3 is 3.07 bits per heavy atom. The van der Waals surface area contributed by atoms with E-state index in [1.54, 1.807) is 0 Å². The van der Waals surface area contributed by atoms with E-state index in [9.17, 15) is 0 Å². The van der Waals surface area contributed by atoms with Crippen molar-refractivity contribution < 1.29 is 4.74 Å². The molecule has 0 spiro atoms. The van der Waals surface area contributed by atoms with Crippen molar-refractivity contribution in [3.63, 3.8) is 0 Å². The molecular formula is C13H15NO. The van der Waals surface area contributed by atoms with E-state index in [1.165, 1.54) is 28.6 Å². The van der Waals surface area contributed by atoms with Crippen LogP contribution in [-0.2, 0) is 11.2 Å². The number of methoxy groups -OCH3 is 1. The molecule has 0 radical (unpaired) electrons. The maximum Gasteiger partial charge on any atom is 0.0844 e. The van der Waals surface area contributed by atoms with E-state index < -0.39 is 0 Å². The van der Waals surface area contributed by atoms with Gasteiger partial charge in [-0.3, -0.25) is 0 Å². The van der Waals surface area contributed by atoms with Crippen LogP contribution in [0.25, 0.3) is 10.9 Å². The predicted octanol–water partition coefficient (Wildman–Crippen LogP) is 3.19. The number of benzene rings is 1. The highest BCUT2D eigenvalue weighted by Gasteiger charge is 2.23. The summed E-state index contributed by atoms with van der Waals surface area (Å²) >= 11 is 0. The largest absolute Gasteiger partial charge is 0.377 e. The van der Waals surface area contributed by atoms with Crippen LogP contribution < -0.4 is 0 Å². The van der Waals surface area contributed by atoms with Gasteiger partial charge in [0, 0.05) is 29.3 Å². The number of rotatable bonds is 1. The average Bonchev–Trinajstić information content (AvgIpc) is 2.67. The minimum atomic E-state index is 0.282. The van der Waals surface area contributed by atoms with Crippen LogP contribution in [0.2, 0.25) is 0 Å². The molecule has 1 unspecified atom stereocenters. The third-order valence-electron chi connectivity index (χ3n) is 3.33. The van der Waals surface area contributed by atoms with Crippen molar-refractivity contribution in [3.8, 4) is 0 Å². The van der Waals surface area contributed by atoms with Crippen molar-refractivity contribution in [2.24, 2.45) is 0 Å². The lowest BCUT2D eigenvalue weighted by Crippen LogP contribution is -2.10. The number of aromatic amines is 1. The molecule has 0 aliphatic heterocycles. The topological polar surface area (TPSA) is 25.0 Å². The standard InChI is InChI=1S/C13H15NO/c1-15-12-8-4-7-11-13(12)9-5-2-3-6-10(9)14-11/h2-3,5-6,12,14H,4,7-8H2,1H3. The highest BCUT2D eigenvalue weighted by molar-refractivity contribution is 5.85. The Morgan fingerprint density at radius 1 is 1.33 bits per heavy atom. The molecule has 1 heterocycles. The second-order valence-electron chi connectivity index (χ2n) is 4.18. The summed E-state index contributed by atoms with van der Waals surface area (Å²) in [6.07, 6.45) is 3.80. The van der Waals surface area contributed by atoms with Crippen LogP contribution in [0, 0.1) is 0 Å². The molecule has 1 aliphatic carbocycles. The van der Waals surface area contributed by atoms with Gasteiger partial charge in [-0.2, -0.15) is 0 Å². The first-order valence-corrected chi connectivity index (χ1v) is 5.52. The van der Waals surface area contributed by atoms with Crippen molar-refractivity contribution in [1.29, 1.82) is 0 Å². The average molecular weight is 201 g/mol. The Kier molecular flexibility index (Phi) is 2.03. The Balaban J connectivity index is 2.27. The maximum atomic E-state index is 5.56. The molecule has 1 aromatic carbocycles. The number of nitrogens with one attached hydrogen (secondary N) is 1. The van der Waals surface area contributed by atoms with Gasteiger partial charge in [0.05, 0.1) is 6.10 Å². The SMILES string of the molecule is COC1CCCc2[nH]c3ccccc3c21. The highest BCUT2D eigenvalue weighted by atomic mass is 16.5. The zero-order valence-electron chi connectivity index (χ0n) is 8.92. The molecule has 0 bridgehead atoms. The summed E-state index contributed by atoms with van der Waals surface area (Å²) in [5.74, 6) is 0. The summed E-state index contributed by atoms with van der Waals surface area (Å²) in [7, 11) is 1.81. The molecule has 0 saturated carbocycles. The normalized spacial score (nSPS) is 20.5. The summed E-state index contributed by atoms with van der Waals surface area (Å²) in [5, 5.41) is 1.33. The first kappa shape index (κ1) is 8.98. The lowest BCUT2D eigenvalue weighted by Gasteiger charge is -2.21. The van der Waals surface area contributed by atoms with E-state index in [0.717, 1.165) is 12.8 Å². The van der Waals surface area contributed by atoms with E-state index in [0.29, 0.717) is 0 Å². The summed E-state index contributed by atoms with van der Waals surface area (Å²) < 4.78 is 5.56. The zero-order valence-corrected chi connectivity index (χ0v) is 8.92. The molecule has 2 heteroatoms. The zero-order chi connectivity index (χ0) is 10.3. The fourth-order valence-electron chi connectivity index (χ4n) is 2.63. The molecule has 2 nitrogen and oxygen atoms in total.